The number of nitrogens with one attached hydrogen (secondary N) is 1. The van der Waals surface area contributed by atoms with E-state index in [1.54, 1.807) is 29.4 Å². The van der Waals surface area contributed by atoms with Crippen LogP contribution in [0.1, 0.15) is 64.2 Å². The molecule has 3 aromatic rings. The van der Waals surface area contributed by atoms with Gasteiger partial charge in [0.1, 0.15) is 6.33 Å². The standard InChI is InChI=1S/C28H25F3N4O2/c29-28(30,31)22-11-23(13-24(12-22)35-9-1-2-25(36)16-35)34-27(37)21-7-8-26(19-5-6-19)20(10-21)4-3-18-14-32-17-33-15-18/h7-8,10-15,17,19,25,36H,1-2,5-6,9,16H2,(H,34,37)/t25-/m0/s1. The normalized spacial score (nSPS) is 17.6. The molecule has 2 aromatic carbocycles. The SMILES string of the molecule is O=C(Nc1cc(N2CCC[C@H](O)C2)cc(C(F)(F)F)c1)c1ccc(C2CC2)c(C#Cc2cncnc2)c1. The fraction of sp³-hybridized carbons (Fsp3) is 0.321. The molecule has 37 heavy (non-hydrogen) atoms. The minimum atomic E-state index is -4.58. The highest BCUT2D eigenvalue weighted by molar-refractivity contribution is 6.04. The Kier molecular flexibility index (Phi) is 6.85. The van der Waals surface area contributed by atoms with Gasteiger partial charge in [-0.15, -0.1) is 0 Å². The van der Waals surface area contributed by atoms with Gasteiger partial charge in [-0.1, -0.05) is 17.9 Å². The van der Waals surface area contributed by atoms with E-state index in [0.717, 1.165) is 30.5 Å². The second-order valence-electron chi connectivity index (χ2n) is 9.42. The molecule has 1 saturated heterocycles. The topological polar surface area (TPSA) is 78.4 Å². The van der Waals surface area contributed by atoms with Crippen LogP contribution in [0.2, 0.25) is 0 Å². The van der Waals surface area contributed by atoms with Crippen LogP contribution in [-0.4, -0.2) is 40.2 Å². The summed E-state index contributed by atoms with van der Waals surface area (Å²) < 4.78 is 41.0. The van der Waals surface area contributed by atoms with E-state index in [1.165, 1.54) is 12.4 Å². The summed E-state index contributed by atoms with van der Waals surface area (Å²) in [6.07, 6.45) is 2.80. The largest absolute Gasteiger partial charge is 0.416 e. The number of anilines is 2. The molecular weight excluding hydrogens is 481 g/mol. The van der Waals surface area contributed by atoms with Crippen molar-refractivity contribution in [1.82, 2.24) is 9.97 Å². The van der Waals surface area contributed by atoms with Gasteiger partial charge in [-0.3, -0.25) is 4.79 Å². The third kappa shape index (κ3) is 6.09. The van der Waals surface area contributed by atoms with Gasteiger partial charge in [0.2, 0.25) is 0 Å². The monoisotopic (exact) mass is 506 g/mol. The second-order valence-corrected chi connectivity index (χ2v) is 9.42. The Morgan fingerprint density at radius 3 is 2.54 bits per heavy atom. The van der Waals surface area contributed by atoms with E-state index >= 15 is 0 Å². The van der Waals surface area contributed by atoms with Crippen molar-refractivity contribution >= 4 is 17.3 Å². The van der Waals surface area contributed by atoms with Gasteiger partial charge in [0.15, 0.2) is 0 Å². The Morgan fingerprint density at radius 1 is 1.05 bits per heavy atom. The van der Waals surface area contributed by atoms with Gasteiger partial charge in [-0.25, -0.2) is 9.97 Å². The summed E-state index contributed by atoms with van der Waals surface area (Å²) in [6.45, 7) is 0.772. The molecule has 5 rings (SSSR count). The molecule has 0 unspecified atom stereocenters. The summed E-state index contributed by atoms with van der Waals surface area (Å²) in [5.41, 5.74) is 2.17. The highest BCUT2D eigenvalue weighted by Crippen LogP contribution is 2.42. The quantitative estimate of drug-likeness (QED) is 0.488. The van der Waals surface area contributed by atoms with E-state index in [2.05, 4.69) is 27.1 Å². The molecule has 0 spiro atoms. The van der Waals surface area contributed by atoms with Gasteiger partial charge in [0, 0.05) is 48.0 Å². The number of aliphatic hydroxyl groups is 1. The summed E-state index contributed by atoms with van der Waals surface area (Å²) in [7, 11) is 0. The number of β-amino-alcohol motifs (C(OH)–C–C–N with tert-alkyl or cyclic N) is 1. The number of hydrogen-bond donors (Lipinski definition) is 2. The average Bonchev–Trinajstić information content (AvgIpc) is 3.73. The first kappa shape index (κ1) is 24.8. The lowest BCUT2D eigenvalue weighted by Gasteiger charge is -2.32. The van der Waals surface area contributed by atoms with Crippen molar-refractivity contribution in [2.45, 2.75) is 43.9 Å². The van der Waals surface area contributed by atoms with Crippen molar-refractivity contribution in [2.24, 2.45) is 0 Å². The summed E-state index contributed by atoms with van der Waals surface area (Å²) in [4.78, 5) is 22.7. The van der Waals surface area contributed by atoms with Crippen molar-refractivity contribution < 1.29 is 23.1 Å². The van der Waals surface area contributed by atoms with Crippen LogP contribution in [-0.2, 0) is 6.18 Å². The van der Waals surface area contributed by atoms with Gasteiger partial charge in [-0.2, -0.15) is 13.2 Å². The van der Waals surface area contributed by atoms with Gasteiger partial charge in [0.05, 0.1) is 17.2 Å². The Labute approximate surface area is 212 Å². The highest BCUT2D eigenvalue weighted by Gasteiger charge is 2.32. The molecule has 6 nitrogen and oxygen atoms in total. The zero-order chi connectivity index (χ0) is 26.0. The molecule has 1 aromatic heterocycles. The molecule has 190 valence electrons. The number of alkyl halides is 3. The maximum absolute atomic E-state index is 13.7. The maximum Gasteiger partial charge on any atom is 0.416 e. The first-order chi connectivity index (χ1) is 17.8. The minimum Gasteiger partial charge on any atom is -0.391 e. The number of carbonyl (C=O) groups excluding carboxylic acids is 1. The number of benzene rings is 2. The van der Waals surface area contributed by atoms with Crippen LogP contribution >= 0.6 is 0 Å². The molecule has 9 heteroatoms. The molecule has 1 aliphatic carbocycles. The third-order valence-electron chi connectivity index (χ3n) is 6.50. The van der Waals surface area contributed by atoms with E-state index < -0.39 is 23.8 Å². The summed E-state index contributed by atoms with van der Waals surface area (Å²) in [6, 6.07) is 8.71. The lowest BCUT2D eigenvalue weighted by molar-refractivity contribution is -0.137. The number of piperidine rings is 1. The predicted molar refractivity (Wildman–Crippen MR) is 133 cm³/mol. The number of halogens is 3. The van der Waals surface area contributed by atoms with Crippen molar-refractivity contribution in [3.8, 4) is 11.8 Å². The molecule has 1 aliphatic heterocycles. The number of nitrogens with zero attached hydrogens (tertiary/aromatic N) is 3. The first-order valence-electron chi connectivity index (χ1n) is 12.1. The molecule has 0 radical (unpaired) electrons. The van der Waals surface area contributed by atoms with Gasteiger partial charge < -0.3 is 15.3 Å². The summed E-state index contributed by atoms with van der Waals surface area (Å²) in [5.74, 6) is 5.98. The molecule has 1 saturated carbocycles. The number of rotatable bonds is 4. The molecule has 2 fully saturated rings. The van der Waals surface area contributed by atoms with Crippen LogP contribution in [0.3, 0.4) is 0 Å². The van der Waals surface area contributed by atoms with Crippen molar-refractivity contribution in [1.29, 1.82) is 0 Å². The van der Waals surface area contributed by atoms with Crippen molar-refractivity contribution in [3.05, 3.63) is 82.9 Å². The van der Waals surface area contributed by atoms with Crippen LogP contribution in [0.25, 0.3) is 0 Å². The van der Waals surface area contributed by atoms with E-state index in [-0.39, 0.29) is 12.2 Å². The molecule has 2 N–H and O–H groups in total. The summed E-state index contributed by atoms with van der Waals surface area (Å²) >= 11 is 0. The molecule has 1 amide bonds. The number of hydrogen-bond acceptors (Lipinski definition) is 5. The third-order valence-corrected chi connectivity index (χ3v) is 6.50. The smallest absolute Gasteiger partial charge is 0.391 e. The maximum atomic E-state index is 13.7. The van der Waals surface area contributed by atoms with Crippen LogP contribution in [0.15, 0.2) is 55.1 Å². The molecule has 2 heterocycles. The average molecular weight is 507 g/mol. The minimum absolute atomic E-state index is 0.0372. The Morgan fingerprint density at radius 2 is 1.84 bits per heavy atom. The highest BCUT2D eigenvalue weighted by atomic mass is 19.4. The molecule has 0 bridgehead atoms. The molecular formula is C28H25F3N4O2. The molecule has 2 aliphatic rings. The number of carbonyl (C=O) groups is 1. The van der Waals surface area contributed by atoms with Gasteiger partial charge in [-0.05, 0) is 67.5 Å². The van der Waals surface area contributed by atoms with Crippen LogP contribution in [0.5, 0.6) is 0 Å². The van der Waals surface area contributed by atoms with E-state index in [0.29, 0.717) is 47.7 Å². The number of amides is 1. The number of aliphatic hydroxyl groups excluding tert-OH is 1. The fourth-order valence-electron chi connectivity index (χ4n) is 4.48. The van der Waals surface area contributed by atoms with Gasteiger partial charge in [0.25, 0.3) is 5.91 Å². The predicted octanol–water partition coefficient (Wildman–Crippen LogP) is 4.99. The van der Waals surface area contributed by atoms with E-state index in [1.807, 2.05) is 6.07 Å². The zero-order valence-electron chi connectivity index (χ0n) is 19.9. The van der Waals surface area contributed by atoms with Crippen molar-refractivity contribution in [3.63, 3.8) is 0 Å². The fourth-order valence-corrected chi connectivity index (χ4v) is 4.48. The first-order valence-corrected chi connectivity index (χ1v) is 12.1. The lowest BCUT2D eigenvalue weighted by atomic mass is 9.99. The van der Waals surface area contributed by atoms with Crippen LogP contribution in [0, 0.1) is 11.8 Å². The second kappa shape index (κ2) is 10.2. The Hall–Kier alpha value is -3.90. The number of aromatic nitrogens is 2. The van der Waals surface area contributed by atoms with Crippen LogP contribution < -0.4 is 10.2 Å². The van der Waals surface area contributed by atoms with Crippen molar-refractivity contribution in [2.75, 3.05) is 23.3 Å². The summed E-state index contributed by atoms with van der Waals surface area (Å²) in [5, 5.41) is 12.6. The Bertz CT molecular complexity index is 1360. The zero-order valence-corrected chi connectivity index (χ0v) is 19.9. The molecule has 1 atom stereocenters. The van der Waals surface area contributed by atoms with E-state index in [9.17, 15) is 23.1 Å². The lowest BCUT2D eigenvalue weighted by Crippen LogP contribution is -2.38. The van der Waals surface area contributed by atoms with Crippen LogP contribution in [0.4, 0.5) is 24.5 Å². The van der Waals surface area contributed by atoms with Gasteiger partial charge >= 0.3 is 6.18 Å². The van der Waals surface area contributed by atoms with E-state index in [4.69, 9.17) is 0 Å². The Balaban J connectivity index is 1.43.